The van der Waals surface area contributed by atoms with E-state index in [0.29, 0.717) is 0 Å². The summed E-state index contributed by atoms with van der Waals surface area (Å²) in [5.74, 6) is 1.75. The van der Waals surface area contributed by atoms with Gasteiger partial charge in [0.2, 0.25) is 0 Å². The molecule has 0 aliphatic carbocycles. The first-order valence-electron chi connectivity index (χ1n) is 7.40. The van der Waals surface area contributed by atoms with Gasteiger partial charge < -0.3 is 5.32 Å². The van der Waals surface area contributed by atoms with Gasteiger partial charge in [0.15, 0.2) is 5.82 Å². The molecule has 21 heavy (non-hydrogen) atoms. The van der Waals surface area contributed by atoms with Gasteiger partial charge in [0.05, 0.1) is 0 Å². The van der Waals surface area contributed by atoms with Crippen LogP contribution in [0, 0.1) is 0 Å². The molecule has 0 unspecified atom stereocenters. The van der Waals surface area contributed by atoms with Crippen molar-refractivity contribution in [2.24, 2.45) is 0 Å². The maximum Gasteiger partial charge on any atom is 0.163 e. The molecule has 0 amide bonds. The van der Waals surface area contributed by atoms with Gasteiger partial charge in [-0.2, -0.15) is 0 Å². The van der Waals surface area contributed by atoms with E-state index in [-0.39, 0.29) is 0 Å². The van der Waals surface area contributed by atoms with Gasteiger partial charge in [0, 0.05) is 39.3 Å². The lowest BCUT2D eigenvalue weighted by Gasteiger charge is -2.08. The molecule has 0 radical (unpaired) electrons. The molecular formula is C17H19N3S. The first-order valence-corrected chi connectivity index (χ1v) is 8.28. The Bertz CT molecular complexity index is 724. The van der Waals surface area contributed by atoms with E-state index in [9.17, 15) is 0 Å². The fraction of sp³-hybridized carbons (Fsp3) is 0.294. The van der Waals surface area contributed by atoms with Gasteiger partial charge in [-0.25, -0.2) is 9.97 Å². The standard InChI is InChI=1S/C17H19N3S/c1-3-7-12-10-16(18-4-2)20-17(19-12)14-11-21-15-9-6-5-8-13(14)15/h5-6,8-11H,3-4,7H2,1-2H3,(H,18,19,20). The summed E-state index contributed by atoms with van der Waals surface area (Å²) >= 11 is 1.75. The topological polar surface area (TPSA) is 37.8 Å². The third-order valence-electron chi connectivity index (χ3n) is 3.37. The minimum atomic E-state index is 0.828. The lowest BCUT2D eigenvalue weighted by molar-refractivity contribution is 0.875. The molecule has 0 fully saturated rings. The van der Waals surface area contributed by atoms with Gasteiger partial charge in [0.25, 0.3) is 0 Å². The predicted octanol–water partition coefficient (Wildman–Crippen LogP) is 4.74. The van der Waals surface area contributed by atoms with Gasteiger partial charge in [-0.1, -0.05) is 31.5 Å². The molecule has 0 spiro atoms. The number of fused-ring (bicyclic) bond motifs is 1. The van der Waals surface area contributed by atoms with Crippen molar-refractivity contribution in [1.82, 2.24) is 9.97 Å². The van der Waals surface area contributed by atoms with Gasteiger partial charge in [-0.05, 0) is 19.4 Å². The zero-order chi connectivity index (χ0) is 14.7. The normalized spacial score (nSPS) is 11.0. The monoisotopic (exact) mass is 297 g/mol. The Morgan fingerprint density at radius 2 is 2.00 bits per heavy atom. The van der Waals surface area contributed by atoms with Crippen molar-refractivity contribution < 1.29 is 0 Å². The van der Waals surface area contributed by atoms with E-state index < -0.39 is 0 Å². The summed E-state index contributed by atoms with van der Waals surface area (Å²) in [6, 6.07) is 10.5. The molecule has 0 aliphatic heterocycles. The molecule has 0 bridgehead atoms. The Hall–Kier alpha value is -1.94. The summed E-state index contributed by atoms with van der Waals surface area (Å²) < 4.78 is 1.28. The van der Waals surface area contributed by atoms with Crippen molar-refractivity contribution in [3.63, 3.8) is 0 Å². The molecule has 3 nitrogen and oxygen atoms in total. The van der Waals surface area contributed by atoms with Gasteiger partial charge >= 0.3 is 0 Å². The van der Waals surface area contributed by atoms with Crippen LogP contribution in [0.4, 0.5) is 5.82 Å². The fourth-order valence-corrected chi connectivity index (χ4v) is 3.36. The van der Waals surface area contributed by atoms with E-state index in [2.05, 4.69) is 59.9 Å². The van der Waals surface area contributed by atoms with Crippen LogP contribution < -0.4 is 5.32 Å². The summed E-state index contributed by atoms with van der Waals surface area (Å²) in [4.78, 5) is 9.44. The quantitative estimate of drug-likeness (QED) is 0.739. The summed E-state index contributed by atoms with van der Waals surface area (Å²) in [6.07, 6.45) is 2.07. The first-order chi connectivity index (χ1) is 10.3. The number of nitrogens with one attached hydrogen (secondary N) is 1. The Labute approximate surface area is 129 Å². The maximum absolute atomic E-state index is 4.75. The SMILES string of the molecule is CCCc1cc(NCC)nc(-c2csc3ccccc23)n1. The number of nitrogens with zero attached hydrogens (tertiary/aromatic N) is 2. The smallest absolute Gasteiger partial charge is 0.163 e. The molecule has 108 valence electrons. The van der Waals surface area contributed by atoms with Crippen molar-refractivity contribution in [3.05, 3.63) is 41.4 Å². The minimum Gasteiger partial charge on any atom is -0.370 e. The van der Waals surface area contributed by atoms with Crippen LogP contribution >= 0.6 is 11.3 Å². The largest absolute Gasteiger partial charge is 0.370 e. The van der Waals surface area contributed by atoms with E-state index in [1.165, 1.54) is 10.1 Å². The van der Waals surface area contributed by atoms with E-state index in [0.717, 1.165) is 42.3 Å². The molecule has 1 N–H and O–H groups in total. The van der Waals surface area contributed by atoms with Gasteiger partial charge in [-0.3, -0.25) is 0 Å². The van der Waals surface area contributed by atoms with Crippen LogP contribution in [-0.4, -0.2) is 16.5 Å². The highest BCUT2D eigenvalue weighted by atomic mass is 32.1. The van der Waals surface area contributed by atoms with Crippen molar-refractivity contribution in [1.29, 1.82) is 0 Å². The molecule has 0 saturated carbocycles. The van der Waals surface area contributed by atoms with Crippen LogP contribution in [0.3, 0.4) is 0 Å². The average Bonchev–Trinajstić information content (AvgIpc) is 2.92. The van der Waals surface area contributed by atoms with Crippen molar-refractivity contribution in [3.8, 4) is 11.4 Å². The van der Waals surface area contributed by atoms with Crippen molar-refractivity contribution >= 4 is 27.2 Å². The summed E-state index contributed by atoms with van der Waals surface area (Å²) in [7, 11) is 0. The van der Waals surface area contributed by atoms with Crippen LogP contribution in [-0.2, 0) is 6.42 Å². The highest BCUT2D eigenvalue weighted by Crippen LogP contribution is 2.32. The molecule has 3 aromatic rings. The van der Waals surface area contributed by atoms with Crippen molar-refractivity contribution in [2.45, 2.75) is 26.7 Å². The van der Waals surface area contributed by atoms with Crippen LogP contribution in [0.5, 0.6) is 0 Å². The Morgan fingerprint density at radius 3 is 2.81 bits per heavy atom. The van der Waals surface area contributed by atoms with Gasteiger partial charge in [0.1, 0.15) is 5.82 Å². The summed E-state index contributed by atoms with van der Waals surface area (Å²) in [5, 5.41) is 6.70. The number of rotatable bonds is 5. The number of hydrogen-bond donors (Lipinski definition) is 1. The molecular weight excluding hydrogens is 278 g/mol. The number of hydrogen-bond acceptors (Lipinski definition) is 4. The molecule has 2 heterocycles. The van der Waals surface area contributed by atoms with E-state index in [1.807, 2.05) is 0 Å². The highest BCUT2D eigenvalue weighted by Gasteiger charge is 2.11. The zero-order valence-corrected chi connectivity index (χ0v) is 13.2. The average molecular weight is 297 g/mol. The first kappa shape index (κ1) is 14.0. The van der Waals surface area contributed by atoms with Crippen LogP contribution in [0.25, 0.3) is 21.5 Å². The second-order valence-electron chi connectivity index (χ2n) is 4.99. The highest BCUT2D eigenvalue weighted by molar-refractivity contribution is 7.17. The molecule has 2 aromatic heterocycles. The maximum atomic E-state index is 4.75. The molecule has 4 heteroatoms. The number of aryl methyl sites for hydroxylation is 1. The molecule has 0 atom stereocenters. The predicted molar refractivity (Wildman–Crippen MR) is 91.0 cm³/mol. The zero-order valence-electron chi connectivity index (χ0n) is 12.4. The molecule has 1 aromatic carbocycles. The number of benzene rings is 1. The van der Waals surface area contributed by atoms with Crippen LogP contribution in [0.1, 0.15) is 26.0 Å². The number of anilines is 1. The van der Waals surface area contributed by atoms with Crippen LogP contribution in [0.2, 0.25) is 0 Å². The molecule has 0 aliphatic rings. The lowest BCUT2D eigenvalue weighted by Crippen LogP contribution is -2.04. The van der Waals surface area contributed by atoms with E-state index in [1.54, 1.807) is 11.3 Å². The van der Waals surface area contributed by atoms with E-state index in [4.69, 9.17) is 4.98 Å². The summed E-state index contributed by atoms with van der Waals surface area (Å²) in [6.45, 7) is 5.13. The second-order valence-corrected chi connectivity index (χ2v) is 5.91. The van der Waals surface area contributed by atoms with Crippen molar-refractivity contribution in [2.75, 3.05) is 11.9 Å². The molecule has 3 rings (SSSR count). The fourth-order valence-electron chi connectivity index (χ4n) is 2.42. The summed E-state index contributed by atoms with van der Waals surface area (Å²) in [5.41, 5.74) is 2.24. The van der Waals surface area contributed by atoms with E-state index >= 15 is 0 Å². The minimum absolute atomic E-state index is 0.828. The Kier molecular flexibility index (Phi) is 4.15. The number of thiophene rings is 1. The Morgan fingerprint density at radius 1 is 1.14 bits per heavy atom. The third kappa shape index (κ3) is 2.90. The number of aromatic nitrogens is 2. The Balaban J connectivity index is 2.11. The lowest BCUT2D eigenvalue weighted by atomic mass is 10.1. The second kappa shape index (κ2) is 6.22. The van der Waals surface area contributed by atoms with Crippen LogP contribution in [0.15, 0.2) is 35.7 Å². The molecule has 0 saturated heterocycles. The van der Waals surface area contributed by atoms with Gasteiger partial charge in [-0.15, -0.1) is 11.3 Å². The third-order valence-corrected chi connectivity index (χ3v) is 4.33.